The summed E-state index contributed by atoms with van der Waals surface area (Å²) in [6, 6.07) is 6.41. The standard InChI is InChI=1S/C13H19N3O4S/c1-21(18,19)16-10-4-2-9(3-5-10)15-13(17)12-7-6-11(8-14)20-12/h2-5,11-12,16H,6-8,14H2,1H3,(H,15,17)/t11-,12+/m1/s1. The minimum atomic E-state index is -3.30. The summed E-state index contributed by atoms with van der Waals surface area (Å²) in [5.41, 5.74) is 6.53. The summed E-state index contributed by atoms with van der Waals surface area (Å²) in [6.07, 6.45) is 1.98. The number of nitrogens with two attached hydrogens (primary N) is 1. The van der Waals surface area contributed by atoms with Crippen LogP contribution in [0.4, 0.5) is 11.4 Å². The van der Waals surface area contributed by atoms with Gasteiger partial charge in [0.15, 0.2) is 0 Å². The largest absolute Gasteiger partial charge is 0.364 e. The Kier molecular flexibility index (Phi) is 4.81. The van der Waals surface area contributed by atoms with Gasteiger partial charge in [-0.2, -0.15) is 0 Å². The highest BCUT2D eigenvalue weighted by molar-refractivity contribution is 7.92. The highest BCUT2D eigenvalue weighted by Gasteiger charge is 2.29. The number of benzene rings is 1. The Morgan fingerprint density at radius 3 is 2.43 bits per heavy atom. The number of rotatable bonds is 5. The Hall–Kier alpha value is -1.64. The molecule has 1 aromatic carbocycles. The zero-order valence-electron chi connectivity index (χ0n) is 11.7. The fourth-order valence-corrected chi connectivity index (χ4v) is 2.69. The van der Waals surface area contributed by atoms with Crippen LogP contribution < -0.4 is 15.8 Å². The van der Waals surface area contributed by atoms with Gasteiger partial charge in [-0.15, -0.1) is 0 Å². The molecule has 1 aliphatic rings. The number of amides is 1. The van der Waals surface area contributed by atoms with Gasteiger partial charge in [0.2, 0.25) is 10.0 Å². The first-order valence-electron chi connectivity index (χ1n) is 6.61. The molecule has 1 aliphatic heterocycles. The molecular weight excluding hydrogens is 294 g/mol. The van der Waals surface area contributed by atoms with Gasteiger partial charge in [-0.1, -0.05) is 0 Å². The van der Waals surface area contributed by atoms with Gasteiger partial charge in [0.25, 0.3) is 5.91 Å². The lowest BCUT2D eigenvalue weighted by Gasteiger charge is -2.13. The lowest BCUT2D eigenvalue weighted by Crippen LogP contribution is -2.29. The highest BCUT2D eigenvalue weighted by atomic mass is 32.2. The summed E-state index contributed by atoms with van der Waals surface area (Å²) < 4.78 is 30.0. The summed E-state index contributed by atoms with van der Waals surface area (Å²) in [4.78, 5) is 12.0. The normalized spacial score (nSPS) is 22.0. The second-order valence-electron chi connectivity index (χ2n) is 5.00. The zero-order valence-corrected chi connectivity index (χ0v) is 12.5. The number of anilines is 2. The third kappa shape index (κ3) is 4.69. The SMILES string of the molecule is CS(=O)(=O)Nc1ccc(NC(=O)[C@@H]2CC[C@H](CN)O2)cc1. The van der Waals surface area contributed by atoms with Crippen molar-refractivity contribution in [3.8, 4) is 0 Å². The smallest absolute Gasteiger partial charge is 0.253 e. The van der Waals surface area contributed by atoms with Crippen molar-refractivity contribution in [3.63, 3.8) is 0 Å². The molecule has 0 spiro atoms. The molecule has 1 aromatic rings. The van der Waals surface area contributed by atoms with E-state index in [0.717, 1.165) is 12.7 Å². The number of carbonyl (C=O) groups is 1. The average Bonchev–Trinajstić information content (AvgIpc) is 2.88. The fraction of sp³-hybridized carbons (Fsp3) is 0.462. The maximum absolute atomic E-state index is 12.0. The van der Waals surface area contributed by atoms with E-state index in [4.69, 9.17) is 10.5 Å². The molecule has 1 amide bonds. The summed E-state index contributed by atoms with van der Waals surface area (Å²) in [5, 5.41) is 2.74. The minimum Gasteiger partial charge on any atom is -0.364 e. The lowest BCUT2D eigenvalue weighted by molar-refractivity contribution is -0.126. The summed E-state index contributed by atoms with van der Waals surface area (Å²) in [5.74, 6) is -0.213. The molecule has 2 atom stereocenters. The van der Waals surface area contributed by atoms with Gasteiger partial charge in [0.1, 0.15) is 6.10 Å². The van der Waals surface area contributed by atoms with Crippen molar-refractivity contribution in [3.05, 3.63) is 24.3 Å². The number of hydrogen-bond donors (Lipinski definition) is 3. The molecule has 7 nitrogen and oxygen atoms in total. The van der Waals surface area contributed by atoms with Crippen molar-refractivity contribution in [2.75, 3.05) is 22.8 Å². The quantitative estimate of drug-likeness (QED) is 0.733. The van der Waals surface area contributed by atoms with Gasteiger partial charge in [0.05, 0.1) is 12.4 Å². The van der Waals surface area contributed by atoms with E-state index in [2.05, 4.69) is 10.0 Å². The van der Waals surface area contributed by atoms with E-state index in [1.165, 1.54) is 0 Å². The van der Waals surface area contributed by atoms with Crippen LogP contribution in [0.25, 0.3) is 0 Å². The van der Waals surface area contributed by atoms with Crippen molar-refractivity contribution >= 4 is 27.3 Å². The van der Waals surface area contributed by atoms with E-state index in [1.54, 1.807) is 24.3 Å². The molecule has 1 saturated heterocycles. The van der Waals surface area contributed by atoms with Crippen LogP contribution in [0.15, 0.2) is 24.3 Å². The van der Waals surface area contributed by atoms with E-state index in [-0.39, 0.29) is 12.0 Å². The topological polar surface area (TPSA) is 111 Å². The van der Waals surface area contributed by atoms with Gasteiger partial charge >= 0.3 is 0 Å². The van der Waals surface area contributed by atoms with Crippen molar-refractivity contribution < 1.29 is 17.9 Å². The molecule has 116 valence electrons. The molecule has 1 heterocycles. The maximum atomic E-state index is 12.0. The third-order valence-electron chi connectivity index (χ3n) is 3.12. The number of hydrogen-bond acceptors (Lipinski definition) is 5. The van der Waals surface area contributed by atoms with Crippen LogP contribution in [-0.4, -0.2) is 39.3 Å². The number of ether oxygens (including phenoxy) is 1. The van der Waals surface area contributed by atoms with E-state index in [1.807, 2.05) is 0 Å². The molecule has 0 unspecified atom stereocenters. The Morgan fingerprint density at radius 2 is 1.90 bits per heavy atom. The van der Waals surface area contributed by atoms with E-state index in [9.17, 15) is 13.2 Å². The summed E-state index contributed by atoms with van der Waals surface area (Å²) in [6.45, 7) is 0.412. The third-order valence-corrected chi connectivity index (χ3v) is 3.73. The van der Waals surface area contributed by atoms with Crippen LogP contribution in [0.3, 0.4) is 0 Å². The average molecular weight is 313 g/mol. The van der Waals surface area contributed by atoms with Crippen molar-refractivity contribution in [1.29, 1.82) is 0 Å². The molecule has 0 radical (unpaired) electrons. The fourth-order valence-electron chi connectivity index (χ4n) is 2.13. The first-order valence-corrected chi connectivity index (χ1v) is 8.51. The molecule has 8 heteroatoms. The molecule has 0 aromatic heterocycles. The monoisotopic (exact) mass is 313 g/mol. The molecule has 0 saturated carbocycles. The Morgan fingerprint density at radius 1 is 1.29 bits per heavy atom. The molecule has 0 bridgehead atoms. The first-order chi connectivity index (χ1) is 9.87. The number of sulfonamides is 1. The van der Waals surface area contributed by atoms with Crippen LogP contribution in [0.1, 0.15) is 12.8 Å². The van der Waals surface area contributed by atoms with E-state index in [0.29, 0.717) is 24.3 Å². The second kappa shape index (κ2) is 6.42. The maximum Gasteiger partial charge on any atom is 0.253 e. The number of nitrogens with one attached hydrogen (secondary N) is 2. The van der Waals surface area contributed by atoms with Gasteiger partial charge in [-0.25, -0.2) is 8.42 Å². The van der Waals surface area contributed by atoms with Crippen LogP contribution in [0.2, 0.25) is 0 Å². The summed E-state index contributed by atoms with van der Waals surface area (Å²) >= 11 is 0. The Labute approximate surface area is 123 Å². The molecule has 21 heavy (non-hydrogen) atoms. The first kappa shape index (κ1) is 15.7. The molecule has 0 aliphatic carbocycles. The van der Waals surface area contributed by atoms with E-state index >= 15 is 0 Å². The lowest BCUT2D eigenvalue weighted by atomic mass is 10.2. The molecule has 2 rings (SSSR count). The van der Waals surface area contributed by atoms with Gasteiger partial charge in [-0.05, 0) is 37.1 Å². The number of carbonyl (C=O) groups excluding carboxylic acids is 1. The Bertz CT molecular complexity index is 600. The Balaban J connectivity index is 1.93. The van der Waals surface area contributed by atoms with Crippen LogP contribution in [-0.2, 0) is 19.6 Å². The molecule has 4 N–H and O–H groups in total. The van der Waals surface area contributed by atoms with Crippen LogP contribution in [0, 0.1) is 0 Å². The van der Waals surface area contributed by atoms with Crippen molar-refractivity contribution in [1.82, 2.24) is 0 Å². The van der Waals surface area contributed by atoms with Crippen LogP contribution in [0.5, 0.6) is 0 Å². The molecular formula is C13H19N3O4S. The predicted molar refractivity (Wildman–Crippen MR) is 80.5 cm³/mol. The predicted octanol–water partition coefficient (Wildman–Crippen LogP) is 0.503. The van der Waals surface area contributed by atoms with E-state index < -0.39 is 16.1 Å². The molecule has 1 fully saturated rings. The van der Waals surface area contributed by atoms with Crippen LogP contribution >= 0.6 is 0 Å². The van der Waals surface area contributed by atoms with Gasteiger partial charge in [0, 0.05) is 17.9 Å². The zero-order chi connectivity index (χ0) is 15.5. The van der Waals surface area contributed by atoms with Crippen molar-refractivity contribution in [2.24, 2.45) is 5.73 Å². The van der Waals surface area contributed by atoms with Gasteiger partial charge < -0.3 is 15.8 Å². The van der Waals surface area contributed by atoms with Gasteiger partial charge in [-0.3, -0.25) is 9.52 Å². The minimum absolute atomic E-state index is 0.0536. The highest BCUT2D eigenvalue weighted by Crippen LogP contribution is 2.21. The van der Waals surface area contributed by atoms with Crippen molar-refractivity contribution in [2.45, 2.75) is 25.0 Å². The summed E-state index contributed by atoms with van der Waals surface area (Å²) in [7, 11) is -3.30. The second-order valence-corrected chi connectivity index (χ2v) is 6.75.